The molecule has 5 heteroatoms. The quantitative estimate of drug-likeness (QED) is 0.647. The molecule has 1 aromatic heterocycles. The highest BCUT2D eigenvalue weighted by atomic mass is 79.9. The lowest BCUT2D eigenvalue weighted by molar-refractivity contribution is 0.0699. The Morgan fingerprint density at radius 1 is 1.21 bits per heavy atom. The zero-order valence-electron chi connectivity index (χ0n) is 13.1. The van der Waals surface area contributed by atoms with Crippen LogP contribution in [0.15, 0.2) is 57.4 Å². The highest BCUT2D eigenvalue weighted by Crippen LogP contribution is 2.29. The average molecular weight is 385 g/mol. The van der Waals surface area contributed by atoms with Gasteiger partial charge in [-0.15, -0.1) is 0 Å². The largest absolute Gasteiger partial charge is 0.440 e. The van der Waals surface area contributed by atoms with Gasteiger partial charge in [-0.1, -0.05) is 34.1 Å². The first-order valence-corrected chi connectivity index (χ1v) is 8.90. The van der Waals surface area contributed by atoms with Crippen LogP contribution in [0.1, 0.15) is 35.0 Å². The van der Waals surface area contributed by atoms with Crippen LogP contribution in [0.25, 0.3) is 11.1 Å². The molecule has 4 nitrogen and oxygen atoms in total. The number of amides is 1. The Hall–Kier alpha value is -2.14. The Kier molecular flexibility index (Phi) is 4.10. The number of piperidine rings is 1. The first-order chi connectivity index (χ1) is 11.7. The van der Waals surface area contributed by atoms with E-state index >= 15 is 0 Å². The van der Waals surface area contributed by atoms with Crippen molar-refractivity contribution in [2.45, 2.75) is 18.8 Å². The lowest BCUT2D eigenvalue weighted by Crippen LogP contribution is -2.39. The second kappa shape index (κ2) is 6.40. The molecule has 1 atom stereocenters. The number of oxazole rings is 1. The minimum Gasteiger partial charge on any atom is -0.440 e. The lowest BCUT2D eigenvalue weighted by atomic mass is 9.97. The van der Waals surface area contributed by atoms with Gasteiger partial charge < -0.3 is 9.32 Å². The summed E-state index contributed by atoms with van der Waals surface area (Å²) >= 11 is 3.43. The Morgan fingerprint density at radius 3 is 2.92 bits per heavy atom. The van der Waals surface area contributed by atoms with Gasteiger partial charge in [-0.25, -0.2) is 4.98 Å². The third kappa shape index (κ3) is 2.96. The van der Waals surface area contributed by atoms with Crippen molar-refractivity contribution in [3.63, 3.8) is 0 Å². The molecule has 0 spiro atoms. The van der Waals surface area contributed by atoms with Gasteiger partial charge >= 0.3 is 0 Å². The van der Waals surface area contributed by atoms with Gasteiger partial charge in [0.25, 0.3) is 5.91 Å². The smallest absolute Gasteiger partial charge is 0.253 e. The van der Waals surface area contributed by atoms with Crippen molar-refractivity contribution in [2.75, 3.05) is 13.1 Å². The maximum atomic E-state index is 12.8. The molecule has 2 aromatic carbocycles. The molecule has 1 amide bonds. The standard InChI is InChI=1S/C19H17BrN2O2/c20-15-7-3-5-13(11-15)19(23)22-10-4-6-14(12-22)18-21-16-8-1-2-9-17(16)24-18/h1-3,5,7-9,11,14H,4,6,10,12H2/t14-/m0/s1. The summed E-state index contributed by atoms with van der Waals surface area (Å²) in [7, 11) is 0. The van der Waals surface area contributed by atoms with Crippen LogP contribution in [0.4, 0.5) is 0 Å². The molecule has 1 fully saturated rings. The van der Waals surface area contributed by atoms with E-state index in [1.165, 1.54) is 0 Å². The van der Waals surface area contributed by atoms with Crippen molar-refractivity contribution in [3.05, 3.63) is 64.5 Å². The number of nitrogens with zero attached hydrogens (tertiary/aromatic N) is 2. The zero-order valence-corrected chi connectivity index (χ0v) is 14.7. The van der Waals surface area contributed by atoms with E-state index in [2.05, 4.69) is 20.9 Å². The molecule has 3 aromatic rings. The number of hydrogen-bond donors (Lipinski definition) is 0. The highest BCUT2D eigenvalue weighted by Gasteiger charge is 2.28. The van der Waals surface area contributed by atoms with E-state index in [0.717, 1.165) is 40.8 Å². The molecular weight excluding hydrogens is 368 g/mol. The summed E-state index contributed by atoms with van der Waals surface area (Å²) in [4.78, 5) is 19.3. The molecule has 1 saturated heterocycles. The minimum atomic E-state index is 0.0668. The molecule has 24 heavy (non-hydrogen) atoms. The summed E-state index contributed by atoms with van der Waals surface area (Å²) in [5.41, 5.74) is 2.40. The molecular formula is C19H17BrN2O2. The number of carbonyl (C=O) groups is 1. The molecule has 0 aliphatic carbocycles. The summed E-state index contributed by atoms with van der Waals surface area (Å²) in [6.45, 7) is 1.43. The van der Waals surface area contributed by atoms with Crippen LogP contribution in [0.2, 0.25) is 0 Å². The van der Waals surface area contributed by atoms with Gasteiger partial charge in [-0.3, -0.25) is 4.79 Å². The second-order valence-electron chi connectivity index (χ2n) is 6.12. The van der Waals surface area contributed by atoms with Gasteiger partial charge in [-0.05, 0) is 43.2 Å². The number of carbonyl (C=O) groups excluding carboxylic acids is 1. The fraction of sp³-hybridized carbons (Fsp3) is 0.263. The van der Waals surface area contributed by atoms with Crippen molar-refractivity contribution in [1.29, 1.82) is 0 Å². The third-order valence-corrected chi connectivity index (χ3v) is 4.93. The van der Waals surface area contributed by atoms with Gasteiger partial charge in [0.15, 0.2) is 11.5 Å². The Balaban J connectivity index is 1.56. The van der Waals surface area contributed by atoms with E-state index in [9.17, 15) is 4.79 Å². The monoisotopic (exact) mass is 384 g/mol. The fourth-order valence-corrected chi connectivity index (χ4v) is 3.63. The van der Waals surface area contributed by atoms with Crippen LogP contribution in [-0.2, 0) is 0 Å². The van der Waals surface area contributed by atoms with Gasteiger partial charge in [-0.2, -0.15) is 0 Å². The Labute approximate surface area is 148 Å². The number of aromatic nitrogens is 1. The second-order valence-corrected chi connectivity index (χ2v) is 7.04. The van der Waals surface area contributed by atoms with Crippen molar-refractivity contribution in [3.8, 4) is 0 Å². The minimum absolute atomic E-state index is 0.0668. The first kappa shape index (κ1) is 15.4. The highest BCUT2D eigenvalue weighted by molar-refractivity contribution is 9.10. The number of likely N-dealkylation sites (tertiary alicyclic amines) is 1. The van der Waals surface area contributed by atoms with E-state index in [4.69, 9.17) is 4.42 Å². The molecule has 0 bridgehead atoms. The number of rotatable bonds is 2. The van der Waals surface area contributed by atoms with Gasteiger partial charge in [0.1, 0.15) is 5.52 Å². The molecule has 1 aliphatic heterocycles. The number of benzene rings is 2. The number of halogens is 1. The molecule has 2 heterocycles. The predicted octanol–water partition coefficient (Wildman–Crippen LogP) is 4.61. The summed E-state index contributed by atoms with van der Waals surface area (Å²) in [6, 6.07) is 15.3. The normalized spacial score (nSPS) is 18.0. The summed E-state index contributed by atoms with van der Waals surface area (Å²) in [6.07, 6.45) is 1.96. The SMILES string of the molecule is O=C(c1cccc(Br)c1)N1CCC[C@H](c2nc3ccccc3o2)C1. The summed E-state index contributed by atoms with van der Waals surface area (Å²) in [5, 5.41) is 0. The van der Waals surface area contributed by atoms with Gasteiger partial charge in [0.2, 0.25) is 0 Å². The third-order valence-electron chi connectivity index (χ3n) is 4.44. The fourth-order valence-electron chi connectivity index (χ4n) is 3.23. The molecule has 0 radical (unpaired) electrons. The van der Waals surface area contributed by atoms with E-state index in [1.807, 2.05) is 53.4 Å². The molecule has 1 aliphatic rings. The van der Waals surface area contributed by atoms with Crippen LogP contribution >= 0.6 is 15.9 Å². The number of fused-ring (bicyclic) bond motifs is 1. The lowest BCUT2D eigenvalue weighted by Gasteiger charge is -2.31. The predicted molar refractivity (Wildman–Crippen MR) is 96.0 cm³/mol. The van der Waals surface area contributed by atoms with Gasteiger partial charge in [0.05, 0.1) is 5.92 Å². The topological polar surface area (TPSA) is 46.3 Å². The number of hydrogen-bond acceptors (Lipinski definition) is 3. The first-order valence-electron chi connectivity index (χ1n) is 8.11. The van der Waals surface area contributed by atoms with Crippen LogP contribution in [-0.4, -0.2) is 28.9 Å². The van der Waals surface area contributed by atoms with E-state index in [1.54, 1.807) is 0 Å². The van der Waals surface area contributed by atoms with Crippen molar-refractivity contribution in [1.82, 2.24) is 9.88 Å². The van der Waals surface area contributed by atoms with Crippen LogP contribution in [0.5, 0.6) is 0 Å². The summed E-state index contributed by atoms with van der Waals surface area (Å²) in [5.74, 6) is 0.960. The molecule has 4 rings (SSSR count). The molecule has 122 valence electrons. The van der Waals surface area contributed by atoms with Crippen LogP contribution in [0.3, 0.4) is 0 Å². The maximum absolute atomic E-state index is 12.8. The van der Waals surface area contributed by atoms with Crippen LogP contribution in [0, 0.1) is 0 Å². The Morgan fingerprint density at radius 2 is 2.08 bits per heavy atom. The maximum Gasteiger partial charge on any atom is 0.253 e. The zero-order chi connectivity index (χ0) is 16.5. The Bertz CT molecular complexity index is 857. The van der Waals surface area contributed by atoms with E-state index in [-0.39, 0.29) is 11.8 Å². The molecule has 0 N–H and O–H groups in total. The number of para-hydroxylation sites is 2. The average Bonchev–Trinajstić information content (AvgIpc) is 3.05. The van der Waals surface area contributed by atoms with Crippen LogP contribution < -0.4 is 0 Å². The van der Waals surface area contributed by atoms with E-state index in [0.29, 0.717) is 12.1 Å². The van der Waals surface area contributed by atoms with Crippen molar-refractivity contribution in [2.24, 2.45) is 0 Å². The summed E-state index contributed by atoms with van der Waals surface area (Å²) < 4.78 is 6.82. The van der Waals surface area contributed by atoms with Gasteiger partial charge in [0, 0.05) is 23.1 Å². The molecule has 0 saturated carbocycles. The van der Waals surface area contributed by atoms with E-state index < -0.39 is 0 Å². The van der Waals surface area contributed by atoms with Crippen molar-refractivity contribution < 1.29 is 9.21 Å². The van der Waals surface area contributed by atoms with Crippen molar-refractivity contribution >= 4 is 32.9 Å². The molecule has 0 unspecified atom stereocenters.